The zero-order valence-corrected chi connectivity index (χ0v) is 14.1. The van der Waals surface area contributed by atoms with Crippen molar-refractivity contribution in [2.75, 3.05) is 26.3 Å². The molecule has 4 heteroatoms. The standard InChI is InChI=1S/C19H24N2O2/c1-14-5-4-6-17(11-14)13-21-16(3)12-15(2)18(21)19(22)20-7-9-23-10-8-20/h4-6,11-12H,7-10,13H2,1-3H3. The van der Waals surface area contributed by atoms with Crippen molar-refractivity contribution in [2.24, 2.45) is 0 Å². The van der Waals surface area contributed by atoms with Gasteiger partial charge < -0.3 is 14.2 Å². The van der Waals surface area contributed by atoms with Crippen molar-refractivity contribution < 1.29 is 9.53 Å². The summed E-state index contributed by atoms with van der Waals surface area (Å²) < 4.78 is 7.50. The Morgan fingerprint density at radius 2 is 1.87 bits per heavy atom. The van der Waals surface area contributed by atoms with E-state index in [-0.39, 0.29) is 5.91 Å². The van der Waals surface area contributed by atoms with Gasteiger partial charge in [0.05, 0.1) is 13.2 Å². The van der Waals surface area contributed by atoms with Crippen LogP contribution in [0.3, 0.4) is 0 Å². The second kappa shape index (κ2) is 6.59. The largest absolute Gasteiger partial charge is 0.378 e. The van der Waals surface area contributed by atoms with Gasteiger partial charge in [-0.2, -0.15) is 0 Å². The first-order chi connectivity index (χ1) is 11.1. The molecule has 0 unspecified atom stereocenters. The highest BCUT2D eigenvalue weighted by atomic mass is 16.5. The fourth-order valence-electron chi connectivity index (χ4n) is 3.25. The molecular weight excluding hydrogens is 288 g/mol. The van der Waals surface area contributed by atoms with Crippen LogP contribution in [0, 0.1) is 20.8 Å². The number of morpholine rings is 1. The fraction of sp³-hybridized carbons (Fsp3) is 0.421. The van der Waals surface area contributed by atoms with Crippen LogP contribution in [0.1, 0.15) is 32.9 Å². The lowest BCUT2D eigenvalue weighted by atomic mass is 10.1. The highest BCUT2D eigenvalue weighted by Gasteiger charge is 2.24. The number of aryl methyl sites for hydroxylation is 3. The normalized spacial score (nSPS) is 15.0. The highest BCUT2D eigenvalue weighted by molar-refractivity contribution is 5.94. The molecule has 4 nitrogen and oxygen atoms in total. The quantitative estimate of drug-likeness (QED) is 0.873. The van der Waals surface area contributed by atoms with Gasteiger partial charge in [0.25, 0.3) is 5.91 Å². The summed E-state index contributed by atoms with van der Waals surface area (Å²) in [5.41, 5.74) is 5.45. The predicted molar refractivity (Wildman–Crippen MR) is 90.9 cm³/mol. The number of carbonyl (C=O) groups excluding carboxylic acids is 1. The lowest BCUT2D eigenvalue weighted by molar-refractivity contribution is 0.0295. The van der Waals surface area contributed by atoms with Crippen LogP contribution in [0.5, 0.6) is 0 Å². The molecule has 23 heavy (non-hydrogen) atoms. The van der Waals surface area contributed by atoms with Gasteiger partial charge in [-0.05, 0) is 38.0 Å². The maximum absolute atomic E-state index is 13.0. The second-order valence-electron chi connectivity index (χ2n) is 6.30. The zero-order valence-electron chi connectivity index (χ0n) is 14.1. The molecule has 2 heterocycles. The number of ether oxygens (including phenoxy) is 1. The zero-order chi connectivity index (χ0) is 16.4. The van der Waals surface area contributed by atoms with E-state index in [1.165, 1.54) is 11.1 Å². The lowest BCUT2D eigenvalue weighted by Gasteiger charge is -2.27. The molecule has 1 fully saturated rings. The molecule has 0 aliphatic carbocycles. The summed E-state index contributed by atoms with van der Waals surface area (Å²) in [4.78, 5) is 14.9. The van der Waals surface area contributed by atoms with E-state index in [4.69, 9.17) is 4.74 Å². The molecule has 2 aromatic rings. The van der Waals surface area contributed by atoms with Gasteiger partial charge in [-0.3, -0.25) is 4.79 Å². The van der Waals surface area contributed by atoms with E-state index in [9.17, 15) is 4.79 Å². The summed E-state index contributed by atoms with van der Waals surface area (Å²) in [6.07, 6.45) is 0. The number of rotatable bonds is 3. The van der Waals surface area contributed by atoms with Crippen LogP contribution >= 0.6 is 0 Å². The van der Waals surface area contributed by atoms with Crippen LogP contribution in [-0.4, -0.2) is 41.7 Å². The van der Waals surface area contributed by atoms with Crippen molar-refractivity contribution in [1.29, 1.82) is 0 Å². The van der Waals surface area contributed by atoms with E-state index in [1.807, 2.05) is 11.8 Å². The first-order valence-corrected chi connectivity index (χ1v) is 8.15. The Morgan fingerprint density at radius 3 is 2.57 bits per heavy atom. The van der Waals surface area contributed by atoms with Gasteiger partial charge in [0, 0.05) is 25.3 Å². The van der Waals surface area contributed by atoms with E-state index in [0.717, 1.165) is 23.5 Å². The van der Waals surface area contributed by atoms with Crippen LogP contribution in [0.15, 0.2) is 30.3 Å². The molecule has 0 bridgehead atoms. The van der Waals surface area contributed by atoms with Gasteiger partial charge in [-0.25, -0.2) is 0 Å². The van der Waals surface area contributed by atoms with Crippen molar-refractivity contribution >= 4 is 5.91 Å². The molecule has 1 saturated heterocycles. The minimum atomic E-state index is 0.117. The summed E-state index contributed by atoms with van der Waals surface area (Å²) in [5, 5.41) is 0. The molecule has 1 aliphatic rings. The maximum Gasteiger partial charge on any atom is 0.270 e. The van der Waals surface area contributed by atoms with Crippen LogP contribution < -0.4 is 0 Å². The van der Waals surface area contributed by atoms with Crippen molar-refractivity contribution in [3.63, 3.8) is 0 Å². The smallest absolute Gasteiger partial charge is 0.270 e. The van der Waals surface area contributed by atoms with Crippen molar-refractivity contribution in [1.82, 2.24) is 9.47 Å². The van der Waals surface area contributed by atoms with E-state index >= 15 is 0 Å². The molecule has 1 amide bonds. The monoisotopic (exact) mass is 312 g/mol. The summed E-state index contributed by atoms with van der Waals surface area (Å²) in [6, 6.07) is 10.6. The van der Waals surface area contributed by atoms with Gasteiger partial charge in [0.15, 0.2) is 0 Å². The molecule has 1 aliphatic heterocycles. The first-order valence-electron chi connectivity index (χ1n) is 8.15. The molecule has 0 radical (unpaired) electrons. The van der Waals surface area contributed by atoms with Crippen molar-refractivity contribution in [3.05, 3.63) is 58.4 Å². The number of aromatic nitrogens is 1. The average Bonchev–Trinajstić information content (AvgIpc) is 2.81. The van der Waals surface area contributed by atoms with Crippen LogP contribution in [0.2, 0.25) is 0 Å². The van der Waals surface area contributed by atoms with Crippen molar-refractivity contribution in [2.45, 2.75) is 27.3 Å². The topological polar surface area (TPSA) is 34.5 Å². The van der Waals surface area contributed by atoms with Crippen LogP contribution in [0.25, 0.3) is 0 Å². The number of amides is 1. The molecular formula is C19H24N2O2. The number of benzene rings is 1. The number of carbonyl (C=O) groups is 1. The molecule has 1 aromatic heterocycles. The Kier molecular flexibility index (Phi) is 4.53. The lowest BCUT2D eigenvalue weighted by Crippen LogP contribution is -2.41. The van der Waals surface area contributed by atoms with Crippen molar-refractivity contribution in [3.8, 4) is 0 Å². The minimum absolute atomic E-state index is 0.117. The Bertz CT molecular complexity index is 712. The molecule has 0 spiro atoms. The SMILES string of the molecule is Cc1cccc(Cn2c(C)cc(C)c2C(=O)N2CCOCC2)c1. The molecule has 1 aromatic carbocycles. The van der Waals surface area contributed by atoms with E-state index < -0.39 is 0 Å². The summed E-state index contributed by atoms with van der Waals surface area (Å²) in [6.45, 7) is 9.51. The van der Waals surface area contributed by atoms with Gasteiger partial charge in [0.1, 0.15) is 5.69 Å². The van der Waals surface area contributed by atoms with Gasteiger partial charge in [-0.15, -0.1) is 0 Å². The minimum Gasteiger partial charge on any atom is -0.378 e. The Labute approximate surface area is 137 Å². The second-order valence-corrected chi connectivity index (χ2v) is 6.30. The summed E-state index contributed by atoms with van der Waals surface area (Å²) in [5.74, 6) is 0.117. The number of hydrogen-bond donors (Lipinski definition) is 0. The third-order valence-electron chi connectivity index (χ3n) is 4.42. The van der Waals surface area contributed by atoms with Crippen LogP contribution in [0.4, 0.5) is 0 Å². The first kappa shape index (κ1) is 15.8. The molecule has 0 N–H and O–H groups in total. The number of hydrogen-bond acceptors (Lipinski definition) is 2. The molecule has 3 rings (SSSR count). The predicted octanol–water partition coefficient (Wildman–Crippen LogP) is 2.93. The average molecular weight is 312 g/mol. The number of nitrogens with zero attached hydrogens (tertiary/aromatic N) is 2. The van der Waals surface area contributed by atoms with Gasteiger partial charge in [0.2, 0.25) is 0 Å². The third kappa shape index (κ3) is 3.32. The maximum atomic E-state index is 13.0. The molecule has 122 valence electrons. The van der Waals surface area contributed by atoms with E-state index in [2.05, 4.69) is 48.7 Å². The Balaban J connectivity index is 1.92. The van der Waals surface area contributed by atoms with E-state index in [0.29, 0.717) is 26.3 Å². The van der Waals surface area contributed by atoms with Crippen LogP contribution in [-0.2, 0) is 11.3 Å². The third-order valence-corrected chi connectivity index (χ3v) is 4.42. The van der Waals surface area contributed by atoms with Gasteiger partial charge >= 0.3 is 0 Å². The fourth-order valence-corrected chi connectivity index (χ4v) is 3.25. The Hall–Kier alpha value is -2.07. The highest BCUT2D eigenvalue weighted by Crippen LogP contribution is 2.20. The van der Waals surface area contributed by atoms with Gasteiger partial charge in [-0.1, -0.05) is 29.8 Å². The molecule has 0 saturated carbocycles. The summed E-state index contributed by atoms with van der Waals surface area (Å²) >= 11 is 0. The summed E-state index contributed by atoms with van der Waals surface area (Å²) in [7, 11) is 0. The Morgan fingerprint density at radius 1 is 1.13 bits per heavy atom. The van der Waals surface area contributed by atoms with E-state index in [1.54, 1.807) is 0 Å². The molecule has 0 atom stereocenters.